The summed E-state index contributed by atoms with van der Waals surface area (Å²) in [7, 11) is 0. The second-order valence-corrected chi connectivity index (χ2v) is 6.43. The average Bonchev–Trinajstić information content (AvgIpc) is 2.31. The summed E-state index contributed by atoms with van der Waals surface area (Å²) in [6, 6.07) is 0. The van der Waals surface area contributed by atoms with E-state index in [1.54, 1.807) is 0 Å². The average molecular weight is 374 g/mol. The van der Waals surface area contributed by atoms with E-state index in [1.807, 2.05) is 13.8 Å². The Morgan fingerprint density at radius 3 is 2.70 bits per heavy atom. The third-order valence-electron chi connectivity index (χ3n) is 2.21. The molecule has 9 heteroatoms. The maximum absolute atomic E-state index is 12.0. The fraction of sp³-hybridized carbons (Fsp3) is 0.636. The van der Waals surface area contributed by atoms with Gasteiger partial charge in [0.1, 0.15) is 4.47 Å². The van der Waals surface area contributed by atoms with Crippen LogP contribution in [0.1, 0.15) is 13.8 Å². The van der Waals surface area contributed by atoms with Crippen LogP contribution in [0.2, 0.25) is 0 Å². The molecule has 0 fully saturated rings. The quantitative estimate of drug-likeness (QED) is 0.776. The summed E-state index contributed by atoms with van der Waals surface area (Å²) in [5, 5.41) is 6.75. The second kappa shape index (κ2) is 7.35. The van der Waals surface area contributed by atoms with Crippen LogP contribution in [0.25, 0.3) is 0 Å². The lowest BCUT2D eigenvalue weighted by Gasteiger charge is -2.12. The van der Waals surface area contributed by atoms with Crippen LogP contribution in [0.4, 0.5) is 18.9 Å². The number of nitrogens with one attached hydrogen (secondary N) is 1. The van der Waals surface area contributed by atoms with Crippen molar-refractivity contribution in [3.63, 3.8) is 0 Å². The summed E-state index contributed by atoms with van der Waals surface area (Å²) in [6.45, 7) is 4.50. The van der Waals surface area contributed by atoms with E-state index in [2.05, 4.69) is 26.3 Å². The monoisotopic (exact) mass is 373 g/mol. The van der Waals surface area contributed by atoms with Crippen molar-refractivity contribution >= 4 is 33.4 Å². The molecular weight excluding hydrogens is 359 g/mol. The van der Waals surface area contributed by atoms with Gasteiger partial charge in [0, 0.05) is 18.8 Å². The van der Waals surface area contributed by atoms with Crippen molar-refractivity contribution in [2.75, 3.05) is 17.6 Å². The highest BCUT2D eigenvalue weighted by molar-refractivity contribution is 9.10. The van der Waals surface area contributed by atoms with E-state index in [1.165, 1.54) is 10.9 Å². The first-order valence-electron chi connectivity index (χ1n) is 5.91. The van der Waals surface area contributed by atoms with E-state index in [4.69, 9.17) is 0 Å². The first kappa shape index (κ1) is 17.4. The predicted molar refractivity (Wildman–Crippen MR) is 78.0 cm³/mol. The third-order valence-corrected chi connectivity index (χ3v) is 3.71. The molecule has 0 unspecified atom stereocenters. The first-order chi connectivity index (χ1) is 9.20. The van der Waals surface area contributed by atoms with Crippen LogP contribution >= 0.6 is 27.7 Å². The minimum absolute atomic E-state index is 0.0953. The molecule has 1 N–H and O–H groups in total. The van der Waals surface area contributed by atoms with Crippen molar-refractivity contribution in [2.24, 2.45) is 5.92 Å². The Kier molecular flexibility index (Phi) is 6.38. The molecule has 0 bridgehead atoms. The Bertz CT molecular complexity index is 505. The van der Waals surface area contributed by atoms with Gasteiger partial charge in [-0.3, -0.25) is 4.79 Å². The van der Waals surface area contributed by atoms with Gasteiger partial charge >= 0.3 is 5.51 Å². The van der Waals surface area contributed by atoms with Gasteiger partial charge in [0.25, 0.3) is 5.56 Å². The van der Waals surface area contributed by atoms with Crippen molar-refractivity contribution in [3.05, 3.63) is 21.0 Å². The van der Waals surface area contributed by atoms with Gasteiger partial charge in [-0.15, -0.1) is 0 Å². The van der Waals surface area contributed by atoms with Gasteiger partial charge in [-0.1, -0.05) is 13.8 Å². The fourth-order valence-electron chi connectivity index (χ4n) is 1.42. The SMILES string of the molecule is CC(C)Cn1ncc(NCCSC(F)(F)F)c(Br)c1=O. The van der Waals surface area contributed by atoms with Gasteiger partial charge in [-0.05, 0) is 33.6 Å². The highest BCUT2D eigenvalue weighted by Gasteiger charge is 2.27. The van der Waals surface area contributed by atoms with Crippen LogP contribution in [0.3, 0.4) is 0 Å². The number of hydrogen-bond acceptors (Lipinski definition) is 4. The maximum atomic E-state index is 12.0. The molecule has 0 spiro atoms. The summed E-state index contributed by atoms with van der Waals surface area (Å²) < 4.78 is 37.5. The van der Waals surface area contributed by atoms with Gasteiger partial charge in [0.2, 0.25) is 0 Å². The normalized spacial score (nSPS) is 11.9. The molecule has 1 aromatic heterocycles. The molecule has 0 atom stereocenters. The minimum atomic E-state index is -4.24. The predicted octanol–water partition coefficient (Wildman–Crippen LogP) is 3.33. The Balaban J connectivity index is 2.64. The fourth-order valence-corrected chi connectivity index (χ4v) is 2.30. The van der Waals surface area contributed by atoms with Crippen LogP contribution in [-0.4, -0.2) is 27.6 Å². The van der Waals surface area contributed by atoms with E-state index in [-0.39, 0.29) is 40.0 Å². The van der Waals surface area contributed by atoms with E-state index in [0.29, 0.717) is 12.2 Å². The molecule has 0 saturated heterocycles. The van der Waals surface area contributed by atoms with E-state index < -0.39 is 5.51 Å². The number of aromatic nitrogens is 2. The zero-order chi connectivity index (χ0) is 15.3. The number of halogens is 4. The van der Waals surface area contributed by atoms with Gasteiger partial charge in [-0.2, -0.15) is 18.3 Å². The minimum Gasteiger partial charge on any atom is -0.382 e. The molecule has 0 aliphatic carbocycles. The summed E-state index contributed by atoms with van der Waals surface area (Å²) >= 11 is 3.04. The Labute approximate surface area is 127 Å². The van der Waals surface area contributed by atoms with Crippen LogP contribution in [0, 0.1) is 5.92 Å². The molecule has 0 amide bonds. The second-order valence-electron chi connectivity index (χ2n) is 4.47. The van der Waals surface area contributed by atoms with E-state index in [0.717, 1.165) is 0 Å². The molecule has 0 saturated carbocycles. The first-order valence-corrected chi connectivity index (χ1v) is 7.68. The maximum Gasteiger partial charge on any atom is 0.441 e. The van der Waals surface area contributed by atoms with Crippen LogP contribution in [0.5, 0.6) is 0 Å². The van der Waals surface area contributed by atoms with Crippen LogP contribution in [0.15, 0.2) is 15.5 Å². The summed E-state index contributed by atoms with van der Waals surface area (Å²) in [5.74, 6) is 0.138. The van der Waals surface area contributed by atoms with E-state index >= 15 is 0 Å². The topological polar surface area (TPSA) is 46.9 Å². The highest BCUT2D eigenvalue weighted by Crippen LogP contribution is 2.29. The molecule has 0 aromatic carbocycles. The van der Waals surface area contributed by atoms with Gasteiger partial charge < -0.3 is 5.32 Å². The molecule has 1 aromatic rings. The number of thioether (sulfide) groups is 1. The molecule has 1 rings (SSSR count). The summed E-state index contributed by atoms with van der Waals surface area (Å²) in [6.07, 6.45) is 1.44. The van der Waals surface area contributed by atoms with Crippen molar-refractivity contribution < 1.29 is 13.2 Å². The Morgan fingerprint density at radius 2 is 2.15 bits per heavy atom. The molecular formula is C11H15BrF3N3OS. The lowest BCUT2D eigenvalue weighted by atomic mass is 10.2. The molecule has 20 heavy (non-hydrogen) atoms. The van der Waals surface area contributed by atoms with Crippen LogP contribution < -0.4 is 10.9 Å². The number of anilines is 1. The standard InChI is InChI=1S/C11H15BrF3N3OS/c1-7(2)6-18-10(19)9(12)8(5-17-18)16-3-4-20-11(13,14)15/h5,7,16H,3-4,6H2,1-2H3. The van der Waals surface area contributed by atoms with Gasteiger partial charge in [0.15, 0.2) is 0 Å². The summed E-state index contributed by atoms with van der Waals surface area (Å²) in [5.41, 5.74) is -4.14. The van der Waals surface area contributed by atoms with Crippen molar-refractivity contribution in [2.45, 2.75) is 25.9 Å². The van der Waals surface area contributed by atoms with Gasteiger partial charge in [0.05, 0.1) is 11.9 Å². The van der Waals surface area contributed by atoms with Crippen molar-refractivity contribution in [3.8, 4) is 0 Å². The van der Waals surface area contributed by atoms with Crippen LogP contribution in [-0.2, 0) is 6.54 Å². The lowest BCUT2D eigenvalue weighted by molar-refractivity contribution is -0.0327. The zero-order valence-electron chi connectivity index (χ0n) is 11.0. The summed E-state index contributed by atoms with van der Waals surface area (Å²) in [4.78, 5) is 11.9. The Morgan fingerprint density at radius 1 is 1.50 bits per heavy atom. The molecule has 1 heterocycles. The van der Waals surface area contributed by atoms with Crippen molar-refractivity contribution in [1.82, 2.24) is 9.78 Å². The third kappa shape index (κ3) is 5.74. The van der Waals surface area contributed by atoms with Crippen molar-refractivity contribution in [1.29, 1.82) is 0 Å². The number of alkyl halides is 3. The number of hydrogen-bond donors (Lipinski definition) is 1. The zero-order valence-corrected chi connectivity index (χ0v) is 13.4. The largest absolute Gasteiger partial charge is 0.441 e. The lowest BCUT2D eigenvalue weighted by Crippen LogP contribution is -2.26. The molecule has 0 aliphatic rings. The smallest absolute Gasteiger partial charge is 0.382 e. The van der Waals surface area contributed by atoms with E-state index in [9.17, 15) is 18.0 Å². The molecule has 0 aliphatic heterocycles. The Hall–Kier alpha value is -0.700. The molecule has 4 nitrogen and oxygen atoms in total. The van der Waals surface area contributed by atoms with Gasteiger partial charge in [-0.25, -0.2) is 4.68 Å². The number of rotatable bonds is 6. The highest BCUT2D eigenvalue weighted by atomic mass is 79.9. The molecule has 114 valence electrons. The molecule has 0 radical (unpaired) electrons. The number of nitrogens with zero attached hydrogens (tertiary/aromatic N) is 2.